The van der Waals surface area contributed by atoms with Gasteiger partial charge in [-0.3, -0.25) is 9.89 Å². The summed E-state index contributed by atoms with van der Waals surface area (Å²) in [5.74, 6) is -0.153. The number of H-pyrrole nitrogens is 1. The van der Waals surface area contributed by atoms with Crippen LogP contribution in [0.1, 0.15) is 41.8 Å². The first kappa shape index (κ1) is 15.1. The molecule has 2 rings (SSSR count). The molecule has 0 aliphatic heterocycles. The van der Waals surface area contributed by atoms with Crippen molar-refractivity contribution in [1.82, 2.24) is 15.5 Å². The Balaban J connectivity index is 1.87. The molecule has 20 heavy (non-hydrogen) atoms. The van der Waals surface area contributed by atoms with Crippen LogP contribution in [0.4, 0.5) is 0 Å². The van der Waals surface area contributed by atoms with Crippen molar-refractivity contribution in [3.63, 3.8) is 0 Å². The van der Waals surface area contributed by atoms with E-state index >= 15 is 0 Å². The van der Waals surface area contributed by atoms with E-state index in [0.717, 1.165) is 21.3 Å². The lowest BCUT2D eigenvalue weighted by Crippen LogP contribution is -2.25. The average Bonchev–Trinajstić information content (AvgIpc) is 2.97. The molecule has 0 atom stereocenters. The van der Waals surface area contributed by atoms with Crippen molar-refractivity contribution in [3.05, 3.63) is 38.8 Å². The van der Waals surface area contributed by atoms with E-state index in [0.29, 0.717) is 12.2 Å². The van der Waals surface area contributed by atoms with Gasteiger partial charge in [0.15, 0.2) is 0 Å². The third-order valence-corrected chi connectivity index (χ3v) is 4.20. The number of nitrogens with zero attached hydrogens (tertiary/aromatic N) is 1. The molecule has 0 radical (unpaired) electrons. The normalized spacial score (nSPS) is 11.6. The number of carbonyl (C=O) groups is 1. The molecule has 0 spiro atoms. The number of nitrogens with one attached hydrogen (secondary N) is 2. The van der Waals surface area contributed by atoms with Crippen LogP contribution >= 0.6 is 22.9 Å². The molecule has 0 aliphatic carbocycles. The van der Waals surface area contributed by atoms with Crippen molar-refractivity contribution in [2.24, 2.45) is 0 Å². The maximum Gasteiger partial charge on any atom is 0.271 e. The first-order valence-corrected chi connectivity index (χ1v) is 7.64. The van der Waals surface area contributed by atoms with Crippen molar-refractivity contribution >= 4 is 28.8 Å². The molecule has 2 aromatic heterocycles. The highest BCUT2D eigenvalue weighted by Crippen LogP contribution is 2.22. The Morgan fingerprint density at radius 1 is 1.45 bits per heavy atom. The second-order valence-electron chi connectivity index (χ2n) is 5.63. The molecule has 2 N–H and O–H groups in total. The van der Waals surface area contributed by atoms with Gasteiger partial charge < -0.3 is 5.32 Å². The third kappa shape index (κ3) is 3.84. The summed E-state index contributed by atoms with van der Waals surface area (Å²) in [4.78, 5) is 13.1. The summed E-state index contributed by atoms with van der Waals surface area (Å²) in [6, 6.07) is 5.65. The lowest BCUT2D eigenvalue weighted by molar-refractivity contribution is 0.0949. The number of hydrogen-bond donors (Lipinski definition) is 2. The molecule has 4 nitrogen and oxygen atoms in total. The van der Waals surface area contributed by atoms with E-state index in [-0.39, 0.29) is 11.3 Å². The highest BCUT2D eigenvalue weighted by molar-refractivity contribution is 7.16. The van der Waals surface area contributed by atoms with E-state index in [2.05, 4.69) is 36.3 Å². The number of aromatic amines is 1. The molecular formula is C14H18ClN3OS. The molecule has 1 amide bonds. The van der Waals surface area contributed by atoms with Crippen LogP contribution in [-0.4, -0.2) is 22.6 Å². The van der Waals surface area contributed by atoms with Crippen LogP contribution in [0.2, 0.25) is 4.34 Å². The Bertz CT molecular complexity index is 598. The molecule has 6 heteroatoms. The average molecular weight is 312 g/mol. The zero-order valence-electron chi connectivity index (χ0n) is 11.8. The topological polar surface area (TPSA) is 57.8 Å². The fourth-order valence-electron chi connectivity index (χ4n) is 1.70. The Hall–Kier alpha value is -1.33. The highest BCUT2D eigenvalue weighted by Gasteiger charge is 2.19. The van der Waals surface area contributed by atoms with Crippen LogP contribution in [0, 0.1) is 0 Å². The van der Waals surface area contributed by atoms with Gasteiger partial charge in [-0.05, 0) is 24.6 Å². The van der Waals surface area contributed by atoms with Gasteiger partial charge >= 0.3 is 0 Å². The summed E-state index contributed by atoms with van der Waals surface area (Å²) in [5, 5.41) is 9.83. The minimum Gasteiger partial charge on any atom is -0.350 e. The second-order valence-corrected chi connectivity index (χ2v) is 7.43. The molecule has 0 fully saturated rings. The molecule has 0 aliphatic rings. The van der Waals surface area contributed by atoms with E-state index in [1.165, 1.54) is 11.3 Å². The SMILES string of the molecule is CC(C)(C)c1cc(C(=O)NCCc2ccc(Cl)s2)n[nH]1. The fraction of sp³-hybridized carbons (Fsp3) is 0.429. The van der Waals surface area contributed by atoms with Crippen LogP contribution in [0.25, 0.3) is 0 Å². The van der Waals surface area contributed by atoms with Crippen LogP contribution < -0.4 is 5.32 Å². The maximum absolute atomic E-state index is 12.0. The van der Waals surface area contributed by atoms with E-state index in [1.54, 1.807) is 6.07 Å². The van der Waals surface area contributed by atoms with E-state index in [4.69, 9.17) is 11.6 Å². The van der Waals surface area contributed by atoms with Gasteiger partial charge in [0, 0.05) is 22.5 Å². The first-order valence-electron chi connectivity index (χ1n) is 6.44. The predicted octanol–water partition coefficient (Wildman–Crippen LogP) is 3.39. The summed E-state index contributed by atoms with van der Waals surface area (Å²) in [5.41, 5.74) is 1.34. The summed E-state index contributed by atoms with van der Waals surface area (Å²) in [6.45, 7) is 6.79. The zero-order valence-corrected chi connectivity index (χ0v) is 13.4. The molecule has 0 saturated heterocycles. The van der Waals surface area contributed by atoms with Crippen molar-refractivity contribution in [2.45, 2.75) is 32.6 Å². The largest absolute Gasteiger partial charge is 0.350 e. The molecule has 2 aromatic rings. The van der Waals surface area contributed by atoms with Gasteiger partial charge in [0.1, 0.15) is 5.69 Å². The smallest absolute Gasteiger partial charge is 0.271 e. The summed E-state index contributed by atoms with van der Waals surface area (Å²) < 4.78 is 0.772. The molecule has 0 aromatic carbocycles. The van der Waals surface area contributed by atoms with Crippen LogP contribution in [0.3, 0.4) is 0 Å². The van der Waals surface area contributed by atoms with Crippen molar-refractivity contribution in [3.8, 4) is 0 Å². The minimum absolute atomic E-state index is 0.0424. The third-order valence-electron chi connectivity index (χ3n) is 2.90. The number of amides is 1. The van der Waals surface area contributed by atoms with E-state index < -0.39 is 0 Å². The van der Waals surface area contributed by atoms with Gasteiger partial charge in [0.25, 0.3) is 5.91 Å². The van der Waals surface area contributed by atoms with Crippen molar-refractivity contribution < 1.29 is 4.79 Å². The van der Waals surface area contributed by atoms with Gasteiger partial charge in [0.2, 0.25) is 0 Å². The van der Waals surface area contributed by atoms with E-state index in [1.807, 2.05) is 12.1 Å². The first-order chi connectivity index (χ1) is 9.36. The Morgan fingerprint density at radius 3 is 2.75 bits per heavy atom. The molecule has 0 bridgehead atoms. The summed E-state index contributed by atoms with van der Waals surface area (Å²) in [7, 11) is 0. The van der Waals surface area contributed by atoms with Gasteiger partial charge in [-0.25, -0.2) is 0 Å². The number of carbonyl (C=O) groups excluding carboxylic acids is 1. The molecule has 0 unspecified atom stereocenters. The Kier molecular flexibility index (Phi) is 4.50. The monoisotopic (exact) mass is 311 g/mol. The van der Waals surface area contributed by atoms with Gasteiger partial charge in [-0.15, -0.1) is 11.3 Å². The van der Waals surface area contributed by atoms with Crippen LogP contribution in [0.5, 0.6) is 0 Å². The Morgan fingerprint density at radius 2 is 2.20 bits per heavy atom. The number of rotatable bonds is 4. The molecular weight excluding hydrogens is 294 g/mol. The number of thiophene rings is 1. The quantitative estimate of drug-likeness (QED) is 0.909. The van der Waals surface area contributed by atoms with Crippen LogP contribution in [-0.2, 0) is 11.8 Å². The van der Waals surface area contributed by atoms with Crippen molar-refractivity contribution in [1.29, 1.82) is 0 Å². The van der Waals surface area contributed by atoms with Gasteiger partial charge in [0.05, 0.1) is 4.34 Å². The lowest BCUT2D eigenvalue weighted by atomic mass is 9.92. The lowest BCUT2D eigenvalue weighted by Gasteiger charge is -2.14. The van der Waals surface area contributed by atoms with Gasteiger partial charge in [-0.2, -0.15) is 5.10 Å². The standard InChI is InChI=1S/C14H18ClN3OS/c1-14(2,3)11-8-10(17-18-11)13(19)16-7-6-9-4-5-12(15)20-9/h4-5,8H,6-7H2,1-3H3,(H,16,19)(H,17,18). The van der Waals surface area contributed by atoms with E-state index in [9.17, 15) is 4.79 Å². The zero-order chi connectivity index (χ0) is 14.8. The minimum atomic E-state index is -0.153. The predicted molar refractivity (Wildman–Crippen MR) is 82.7 cm³/mol. The molecule has 108 valence electrons. The van der Waals surface area contributed by atoms with Gasteiger partial charge in [-0.1, -0.05) is 32.4 Å². The van der Waals surface area contributed by atoms with Crippen LogP contribution in [0.15, 0.2) is 18.2 Å². The number of halogens is 1. The van der Waals surface area contributed by atoms with Crippen molar-refractivity contribution in [2.75, 3.05) is 6.54 Å². The molecule has 0 saturated carbocycles. The summed E-state index contributed by atoms with van der Waals surface area (Å²) in [6.07, 6.45) is 0.777. The fourth-order valence-corrected chi connectivity index (χ4v) is 2.79. The molecule has 2 heterocycles. The maximum atomic E-state index is 12.0. The number of aromatic nitrogens is 2. The summed E-state index contributed by atoms with van der Waals surface area (Å²) >= 11 is 7.40. The Labute approximate surface area is 127 Å². The second kappa shape index (κ2) is 5.97. The highest BCUT2D eigenvalue weighted by atomic mass is 35.5. The number of hydrogen-bond acceptors (Lipinski definition) is 3.